The van der Waals surface area contributed by atoms with Crippen LogP contribution in [0.5, 0.6) is 0 Å². The van der Waals surface area contributed by atoms with Crippen LogP contribution in [0.1, 0.15) is 26.7 Å². The molecule has 3 nitrogen and oxygen atoms in total. The van der Waals surface area contributed by atoms with E-state index in [1.807, 2.05) is 0 Å². The number of piperidine rings is 1. The Bertz CT molecular complexity index is 588. The standard InChI is InChI=1S/C18H25N3/c1-14(2)21(13-15-9-11-19-12-10-15)18-8-7-16-5-3-4-6-17(16)20-18/h3-8,14-15,19H,9-13H2,1-2H3. The Hall–Kier alpha value is -1.61. The van der Waals surface area contributed by atoms with Gasteiger partial charge in [-0.25, -0.2) is 4.98 Å². The van der Waals surface area contributed by atoms with Gasteiger partial charge in [-0.05, 0) is 63.9 Å². The minimum atomic E-state index is 0.480. The van der Waals surface area contributed by atoms with Gasteiger partial charge in [0, 0.05) is 18.0 Å². The molecule has 0 saturated carbocycles. The van der Waals surface area contributed by atoms with E-state index < -0.39 is 0 Å². The van der Waals surface area contributed by atoms with Crippen LogP contribution in [0.4, 0.5) is 5.82 Å². The van der Waals surface area contributed by atoms with Gasteiger partial charge in [0.15, 0.2) is 0 Å². The predicted molar refractivity (Wildman–Crippen MR) is 89.8 cm³/mol. The van der Waals surface area contributed by atoms with Crippen LogP contribution < -0.4 is 10.2 Å². The summed E-state index contributed by atoms with van der Waals surface area (Å²) >= 11 is 0. The van der Waals surface area contributed by atoms with E-state index in [1.54, 1.807) is 0 Å². The van der Waals surface area contributed by atoms with Crippen LogP contribution in [-0.2, 0) is 0 Å². The second-order valence-electron chi connectivity index (χ2n) is 6.30. The lowest BCUT2D eigenvalue weighted by Gasteiger charge is -2.33. The monoisotopic (exact) mass is 283 g/mol. The Morgan fingerprint density at radius 3 is 2.67 bits per heavy atom. The highest BCUT2D eigenvalue weighted by Crippen LogP contribution is 2.23. The lowest BCUT2D eigenvalue weighted by atomic mass is 9.97. The van der Waals surface area contributed by atoms with E-state index in [9.17, 15) is 0 Å². The molecular formula is C18H25N3. The van der Waals surface area contributed by atoms with Gasteiger partial charge in [0.2, 0.25) is 0 Å². The van der Waals surface area contributed by atoms with Gasteiger partial charge in [0.25, 0.3) is 0 Å². The van der Waals surface area contributed by atoms with Crippen LogP contribution in [0.25, 0.3) is 10.9 Å². The van der Waals surface area contributed by atoms with E-state index in [2.05, 4.69) is 60.5 Å². The Balaban J connectivity index is 1.84. The average molecular weight is 283 g/mol. The van der Waals surface area contributed by atoms with E-state index in [4.69, 9.17) is 4.98 Å². The molecule has 0 unspecified atom stereocenters. The number of nitrogens with one attached hydrogen (secondary N) is 1. The number of rotatable bonds is 4. The summed E-state index contributed by atoms with van der Waals surface area (Å²) in [6.07, 6.45) is 2.55. The number of aromatic nitrogens is 1. The summed E-state index contributed by atoms with van der Waals surface area (Å²) in [7, 11) is 0. The molecule has 21 heavy (non-hydrogen) atoms. The van der Waals surface area contributed by atoms with Gasteiger partial charge >= 0.3 is 0 Å². The van der Waals surface area contributed by atoms with Gasteiger partial charge in [0.1, 0.15) is 5.82 Å². The van der Waals surface area contributed by atoms with Crippen molar-refractivity contribution in [2.45, 2.75) is 32.7 Å². The average Bonchev–Trinajstić information content (AvgIpc) is 2.53. The van der Waals surface area contributed by atoms with Crippen LogP contribution in [0.2, 0.25) is 0 Å². The number of para-hydroxylation sites is 1. The minimum Gasteiger partial charge on any atom is -0.354 e. The molecule has 3 rings (SSSR count). The Morgan fingerprint density at radius 1 is 1.14 bits per heavy atom. The molecule has 1 aromatic carbocycles. The summed E-state index contributed by atoms with van der Waals surface area (Å²) < 4.78 is 0. The summed E-state index contributed by atoms with van der Waals surface area (Å²) in [5, 5.41) is 4.66. The van der Waals surface area contributed by atoms with E-state index in [0.717, 1.165) is 36.9 Å². The highest BCUT2D eigenvalue weighted by Gasteiger charge is 2.20. The van der Waals surface area contributed by atoms with Gasteiger partial charge in [-0.2, -0.15) is 0 Å². The molecule has 0 amide bonds. The number of nitrogens with zero attached hydrogens (tertiary/aromatic N) is 2. The molecule has 2 aromatic rings. The third-order valence-corrected chi connectivity index (χ3v) is 4.41. The molecule has 1 aliphatic heterocycles. The molecular weight excluding hydrogens is 258 g/mol. The molecule has 3 heteroatoms. The molecule has 0 aliphatic carbocycles. The highest BCUT2D eigenvalue weighted by molar-refractivity contribution is 5.80. The summed E-state index contributed by atoms with van der Waals surface area (Å²) in [4.78, 5) is 7.33. The topological polar surface area (TPSA) is 28.2 Å². The van der Waals surface area contributed by atoms with Crippen molar-refractivity contribution in [2.75, 3.05) is 24.5 Å². The predicted octanol–water partition coefficient (Wildman–Crippen LogP) is 3.45. The number of anilines is 1. The minimum absolute atomic E-state index is 0.480. The summed E-state index contributed by atoms with van der Waals surface area (Å²) in [6.45, 7) is 7.95. The molecule has 2 heterocycles. The number of benzene rings is 1. The van der Waals surface area contributed by atoms with Crippen LogP contribution in [0.15, 0.2) is 36.4 Å². The van der Waals surface area contributed by atoms with E-state index in [0.29, 0.717) is 6.04 Å². The normalized spacial score (nSPS) is 16.5. The highest BCUT2D eigenvalue weighted by atomic mass is 15.2. The summed E-state index contributed by atoms with van der Waals surface area (Å²) in [5.41, 5.74) is 1.09. The molecule has 1 aliphatic rings. The fraction of sp³-hybridized carbons (Fsp3) is 0.500. The van der Waals surface area contributed by atoms with Crippen LogP contribution in [0, 0.1) is 5.92 Å². The van der Waals surface area contributed by atoms with Crippen molar-refractivity contribution in [2.24, 2.45) is 5.92 Å². The zero-order valence-corrected chi connectivity index (χ0v) is 13.0. The molecule has 1 saturated heterocycles. The molecule has 0 atom stereocenters. The first-order valence-electron chi connectivity index (χ1n) is 8.07. The largest absolute Gasteiger partial charge is 0.354 e. The Morgan fingerprint density at radius 2 is 1.90 bits per heavy atom. The van der Waals surface area contributed by atoms with Crippen LogP contribution in [-0.4, -0.2) is 30.7 Å². The third kappa shape index (κ3) is 3.35. The van der Waals surface area contributed by atoms with Gasteiger partial charge < -0.3 is 10.2 Å². The number of hydrogen-bond acceptors (Lipinski definition) is 3. The van der Waals surface area contributed by atoms with Crippen molar-refractivity contribution < 1.29 is 0 Å². The van der Waals surface area contributed by atoms with Crippen LogP contribution in [0.3, 0.4) is 0 Å². The second kappa shape index (κ2) is 6.44. The van der Waals surface area contributed by atoms with E-state index >= 15 is 0 Å². The lowest BCUT2D eigenvalue weighted by Crippen LogP contribution is -2.40. The molecule has 1 fully saturated rings. The maximum atomic E-state index is 4.87. The van der Waals surface area contributed by atoms with Crippen molar-refractivity contribution in [3.8, 4) is 0 Å². The zero-order chi connectivity index (χ0) is 14.7. The lowest BCUT2D eigenvalue weighted by molar-refractivity contribution is 0.367. The van der Waals surface area contributed by atoms with Gasteiger partial charge in [-0.3, -0.25) is 0 Å². The Labute approximate surface area is 127 Å². The quantitative estimate of drug-likeness (QED) is 0.931. The summed E-state index contributed by atoms with van der Waals surface area (Å²) in [5.74, 6) is 1.89. The van der Waals surface area contributed by atoms with Crippen molar-refractivity contribution in [1.82, 2.24) is 10.3 Å². The first kappa shape index (κ1) is 14.3. The third-order valence-electron chi connectivity index (χ3n) is 4.41. The molecule has 1 N–H and O–H groups in total. The van der Waals surface area contributed by atoms with Crippen molar-refractivity contribution in [3.63, 3.8) is 0 Å². The fourth-order valence-corrected chi connectivity index (χ4v) is 3.13. The molecule has 0 spiro atoms. The number of pyridine rings is 1. The maximum absolute atomic E-state index is 4.87. The van der Waals surface area contributed by atoms with E-state index in [-0.39, 0.29) is 0 Å². The van der Waals surface area contributed by atoms with Crippen molar-refractivity contribution >= 4 is 16.7 Å². The fourth-order valence-electron chi connectivity index (χ4n) is 3.13. The maximum Gasteiger partial charge on any atom is 0.129 e. The first-order valence-corrected chi connectivity index (χ1v) is 8.07. The Kier molecular flexibility index (Phi) is 4.39. The summed E-state index contributed by atoms with van der Waals surface area (Å²) in [6, 6.07) is 13.2. The number of hydrogen-bond donors (Lipinski definition) is 1. The van der Waals surface area contributed by atoms with Crippen molar-refractivity contribution in [1.29, 1.82) is 0 Å². The number of fused-ring (bicyclic) bond motifs is 1. The smallest absolute Gasteiger partial charge is 0.129 e. The van der Waals surface area contributed by atoms with E-state index in [1.165, 1.54) is 18.2 Å². The zero-order valence-electron chi connectivity index (χ0n) is 13.0. The van der Waals surface area contributed by atoms with Crippen molar-refractivity contribution in [3.05, 3.63) is 36.4 Å². The SMILES string of the molecule is CC(C)N(CC1CCNCC1)c1ccc2ccccc2n1. The van der Waals surface area contributed by atoms with Gasteiger partial charge in [-0.15, -0.1) is 0 Å². The molecule has 1 aromatic heterocycles. The van der Waals surface area contributed by atoms with Crippen LogP contribution >= 0.6 is 0 Å². The first-order chi connectivity index (χ1) is 10.2. The molecule has 0 radical (unpaired) electrons. The van der Waals surface area contributed by atoms with Gasteiger partial charge in [-0.1, -0.05) is 18.2 Å². The second-order valence-corrected chi connectivity index (χ2v) is 6.30. The molecule has 0 bridgehead atoms. The van der Waals surface area contributed by atoms with Gasteiger partial charge in [0.05, 0.1) is 5.52 Å². The molecule has 112 valence electrons.